The predicted octanol–water partition coefficient (Wildman–Crippen LogP) is 6.65. The van der Waals surface area contributed by atoms with Crippen LogP contribution in [0.4, 0.5) is 5.69 Å². The molecule has 0 atom stereocenters. The number of rotatable bonds is 7. The number of hydrogen-bond acceptors (Lipinski definition) is 4. The molecule has 0 spiro atoms. The zero-order valence-electron chi connectivity index (χ0n) is 15.2. The molecule has 0 heterocycles. The Hall–Kier alpha value is -2.31. The van der Waals surface area contributed by atoms with Gasteiger partial charge in [-0.15, -0.1) is 0 Å². The molecule has 1 N–H and O–H groups in total. The van der Waals surface area contributed by atoms with Crippen LogP contribution in [0.1, 0.15) is 18.1 Å². The van der Waals surface area contributed by atoms with E-state index in [4.69, 9.17) is 9.47 Å². The van der Waals surface area contributed by atoms with Gasteiger partial charge in [0.25, 0.3) is 0 Å². The van der Waals surface area contributed by atoms with Crippen molar-refractivity contribution in [3.05, 3.63) is 80.7 Å². The van der Waals surface area contributed by atoms with E-state index in [0.717, 1.165) is 25.8 Å². The SMILES string of the molecule is CCOc1cc(C=Nc2ccc(O)cc2)c(Br)c(Br)c1OCc1ccccc1. The summed E-state index contributed by atoms with van der Waals surface area (Å²) in [5.74, 6) is 1.49. The van der Waals surface area contributed by atoms with E-state index in [1.807, 2.05) is 43.3 Å². The van der Waals surface area contributed by atoms with Crippen LogP contribution in [0.2, 0.25) is 0 Å². The molecule has 0 aliphatic heterocycles. The summed E-state index contributed by atoms with van der Waals surface area (Å²) in [4.78, 5) is 4.46. The molecule has 6 heteroatoms. The molecular weight excluding hydrogens is 486 g/mol. The molecule has 3 aromatic carbocycles. The molecule has 0 radical (unpaired) electrons. The van der Waals surface area contributed by atoms with Crippen LogP contribution in [-0.4, -0.2) is 17.9 Å². The van der Waals surface area contributed by atoms with Gasteiger partial charge in [-0.3, -0.25) is 4.99 Å². The van der Waals surface area contributed by atoms with Crippen molar-refractivity contribution in [2.24, 2.45) is 4.99 Å². The first-order valence-corrected chi connectivity index (χ1v) is 10.3. The number of benzene rings is 3. The second-order valence-corrected chi connectivity index (χ2v) is 7.49. The van der Waals surface area contributed by atoms with E-state index in [0.29, 0.717) is 24.7 Å². The molecule has 0 unspecified atom stereocenters. The Balaban J connectivity index is 1.89. The van der Waals surface area contributed by atoms with Crippen molar-refractivity contribution in [3.8, 4) is 17.2 Å². The lowest BCUT2D eigenvalue weighted by Crippen LogP contribution is -2.02. The van der Waals surface area contributed by atoms with Crippen molar-refractivity contribution in [3.63, 3.8) is 0 Å². The zero-order chi connectivity index (χ0) is 19.9. The van der Waals surface area contributed by atoms with E-state index in [9.17, 15) is 5.11 Å². The first-order chi connectivity index (χ1) is 13.6. The normalized spacial score (nSPS) is 11.0. The molecule has 144 valence electrons. The van der Waals surface area contributed by atoms with Gasteiger partial charge in [0.2, 0.25) is 0 Å². The van der Waals surface area contributed by atoms with Gasteiger partial charge < -0.3 is 14.6 Å². The van der Waals surface area contributed by atoms with Crippen molar-refractivity contribution < 1.29 is 14.6 Å². The monoisotopic (exact) mass is 503 g/mol. The molecule has 28 heavy (non-hydrogen) atoms. The highest BCUT2D eigenvalue weighted by Crippen LogP contribution is 2.43. The number of ether oxygens (including phenoxy) is 2. The van der Waals surface area contributed by atoms with Gasteiger partial charge in [-0.1, -0.05) is 30.3 Å². The fourth-order valence-corrected chi connectivity index (χ4v) is 3.44. The van der Waals surface area contributed by atoms with Crippen LogP contribution in [0.25, 0.3) is 0 Å². The van der Waals surface area contributed by atoms with Crippen molar-refractivity contribution in [1.29, 1.82) is 0 Å². The summed E-state index contributed by atoms with van der Waals surface area (Å²) in [6, 6.07) is 18.6. The molecule has 0 saturated heterocycles. The minimum absolute atomic E-state index is 0.210. The molecule has 0 bridgehead atoms. The highest BCUT2D eigenvalue weighted by molar-refractivity contribution is 9.13. The molecule has 3 aromatic rings. The number of phenols is 1. The van der Waals surface area contributed by atoms with E-state index in [1.165, 1.54) is 0 Å². The highest BCUT2D eigenvalue weighted by atomic mass is 79.9. The van der Waals surface area contributed by atoms with Gasteiger partial charge in [0.1, 0.15) is 12.4 Å². The molecule has 0 aliphatic carbocycles. The van der Waals surface area contributed by atoms with Gasteiger partial charge in [-0.2, -0.15) is 0 Å². The van der Waals surface area contributed by atoms with Gasteiger partial charge in [0, 0.05) is 16.3 Å². The first kappa shape index (κ1) is 20.4. The molecule has 0 aliphatic rings. The Bertz CT molecular complexity index is 958. The number of hydrogen-bond donors (Lipinski definition) is 1. The summed E-state index contributed by atoms with van der Waals surface area (Å²) >= 11 is 7.23. The van der Waals surface area contributed by atoms with Gasteiger partial charge in [-0.25, -0.2) is 0 Å². The Kier molecular flexibility index (Phi) is 7.12. The fourth-order valence-electron chi connectivity index (χ4n) is 2.51. The van der Waals surface area contributed by atoms with E-state index >= 15 is 0 Å². The van der Waals surface area contributed by atoms with Gasteiger partial charge >= 0.3 is 0 Å². The summed E-state index contributed by atoms with van der Waals surface area (Å²) in [7, 11) is 0. The highest BCUT2D eigenvalue weighted by Gasteiger charge is 2.17. The third-order valence-corrected chi connectivity index (χ3v) is 6.03. The lowest BCUT2D eigenvalue weighted by atomic mass is 10.2. The Labute approximate surface area is 181 Å². The maximum Gasteiger partial charge on any atom is 0.177 e. The first-order valence-electron chi connectivity index (χ1n) is 8.73. The molecule has 0 amide bonds. The summed E-state index contributed by atoms with van der Waals surface area (Å²) in [6.07, 6.45) is 1.74. The van der Waals surface area contributed by atoms with Crippen molar-refractivity contribution in [1.82, 2.24) is 0 Å². The third-order valence-electron chi connectivity index (χ3n) is 3.88. The second-order valence-electron chi connectivity index (χ2n) is 5.90. The zero-order valence-corrected chi connectivity index (χ0v) is 18.4. The quantitative estimate of drug-likeness (QED) is 0.366. The van der Waals surface area contributed by atoms with Gasteiger partial charge in [-0.05, 0) is 74.7 Å². The minimum Gasteiger partial charge on any atom is -0.508 e. The van der Waals surface area contributed by atoms with Crippen LogP contribution >= 0.6 is 31.9 Å². The van der Waals surface area contributed by atoms with E-state index in [2.05, 4.69) is 36.9 Å². The Morgan fingerprint density at radius 2 is 1.68 bits per heavy atom. The molecule has 0 aromatic heterocycles. The molecule has 4 nitrogen and oxygen atoms in total. The van der Waals surface area contributed by atoms with Crippen LogP contribution in [0.5, 0.6) is 17.2 Å². The van der Waals surface area contributed by atoms with Gasteiger partial charge in [0.05, 0.1) is 16.8 Å². The van der Waals surface area contributed by atoms with E-state index in [1.54, 1.807) is 30.5 Å². The van der Waals surface area contributed by atoms with Crippen LogP contribution in [0, 0.1) is 0 Å². The maximum atomic E-state index is 9.39. The summed E-state index contributed by atoms with van der Waals surface area (Å²) < 4.78 is 13.4. The van der Waals surface area contributed by atoms with Gasteiger partial charge in [0.15, 0.2) is 11.5 Å². The second kappa shape index (κ2) is 9.75. The average molecular weight is 505 g/mol. The smallest absolute Gasteiger partial charge is 0.177 e. The minimum atomic E-state index is 0.210. The Morgan fingerprint density at radius 3 is 2.36 bits per heavy atom. The predicted molar refractivity (Wildman–Crippen MR) is 119 cm³/mol. The summed E-state index contributed by atoms with van der Waals surface area (Å²) in [5.41, 5.74) is 2.66. The molecular formula is C22H19Br2NO3. The van der Waals surface area contributed by atoms with Crippen molar-refractivity contribution >= 4 is 43.8 Å². The van der Waals surface area contributed by atoms with Crippen LogP contribution in [0.3, 0.4) is 0 Å². The number of aromatic hydroxyl groups is 1. The topological polar surface area (TPSA) is 51.0 Å². The van der Waals surface area contributed by atoms with Crippen molar-refractivity contribution in [2.75, 3.05) is 6.61 Å². The van der Waals surface area contributed by atoms with Crippen molar-refractivity contribution in [2.45, 2.75) is 13.5 Å². The Morgan fingerprint density at radius 1 is 0.964 bits per heavy atom. The number of halogens is 2. The van der Waals surface area contributed by atoms with Crippen LogP contribution < -0.4 is 9.47 Å². The number of aliphatic imine (C=N–C) groups is 1. The largest absolute Gasteiger partial charge is 0.508 e. The lowest BCUT2D eigenvalue weighted by Gasteiger charge is -2.16. The van der Waals surface area contributed by atoms with Crippen LogP contribution in [-0.2, 0) is 6.61 Å². The standard InChI is InChI=1S/C22H19Br2NO3/c1-2-27-19-12-16(13-25-17-8-10-18(26)11-9-17)20(23)21(24)22(19)28-14-15-6-4-3-5-7-15/h3-13,26H,2,14H2,1H3. The number of nitrogens with zero attached hydrogens (tertiary/aromatic N) is 1. The van der Waals surface area contributed by atoms with E-state index < -0.39 is 0 Å². The fraction of sp³-hybridized carbons (Fsp3) is 0.136. The lowest BCUT2D eigenvalue weighted by molar-refractivity contribution is 0.267. The maximum absolute atomic E-state index is 9.39. The summed E-state index contributed by atoms with van der Waals surface area (Å²) in [6.45, 7) is 2.89. The molecule has 3 rings (SSSR count). The number of phenolic OH excluding ortho intramolecular Hbond substituents is 1. The molecule has 0 fully saturated rings. The van der Waals surface area contributed by atoms with E-state index in [-0.39, 0.29) is 5.75 Å². The molecule has 0 saturated carbocycles. The average Bonchev–Trinajstić information content (AvgIpc) is 2.71. The third kappa shape index (κ3) is 5.14. The summed E-state index contributed by atoms with van der Waals surface area (Å²) in [5, 5.41) is 9.39. The van der Waals surface area contributed by atoms with Crippen LogP contribution in [0.15, 0.2) is 74.6 Å².